The summed E-state index contributed by atoms with van der Waals surface area (Å²) in [5.74, 6) is 1.99. The Kier molecular flexibility index (Phi) is 3.68. The summed E-state index contributed by atoms with van der Waals surface area (Å²) in [6.07, 6.45) is 1.12. The van der Waals surface area contributed by atoms with E-state index in [4.69, 9.17) is 23.2 Å². The van der Waals surface area contributed by atoms with Crippen LogP contribution in [0.15, 0.2) is 41.4 Å². The van der Waals surface area contributed by atoms with Gasteiger partial charge >= 0.3 is 0 Å². The maximum atomic E-state index is 6.65. The van der Waals surface area contributed by atoms with Crippen LogP contribution in [0.4, 0.5) is 0 Å². The molecule has 6 rings (SSSR count). The minimum atomic E-state index is 0.243. The van der Waals surface area contributed by atoms with E-state index in [1.165, 1.54) is 22.3 Å². The average molecular weight is 372 g/mol. The van der Waals surface area contributed by atoms with Gasteiger partial charge in [0.15, 0.2) is 5.96 Å². The van der Waals surface area contributed by atoms with Crippen LogP contribution < -0.4 is 10.6 Å². The summed E-state index contributed by atoms with van der Waals surface area (Å²) in [5, 5.41) is 8.50. The molecular formula is C20H19Cl2N3. The molecule has 2 aromatic carbocycles. The second kappa shape index (κ2) is 5.93. The lowest BCUT2D eigenvalue weighted by Crippen LogP contribution is -2.42. The van der Waals surface area contributed by atoms with Gasteiger partial charge in [0.25, 0.3) is 0 Å². The number of nitrogens with zero attached hydrogens (tertiary/aromatic N) is 1. The first-order valence-electron chi connectivity index (χ1n) is 8.83. The molecule has 1 atom stereocenters. The average Bonchev–Trinajstić information content (AvgIpc) is 3.14. The molecule has 0 spiro atoms. The van der Waals surface area contributed by atoms with E-state index >= 15 is 0 Å². The second-order valence-electron chi connectivity index (χ2n) is 7.05. The molecule has 3 nitrogen and oxygen atoms in total. The molecule has 0 fully saturated rings. The number of hydrogen-bond donors (Lipinski definition) is 2. The van der Waals surface area contributed by atoms with E-state index in [0.29, 0.717) is 11.8 Å². The standard InChI is InChI=1S/C20H19Cl2N3/c21-15-5-1-3-12-14-9-11(10-25-20-23-7-8-24-20)17(18(12)15)19-13(14)4-2-6-16(19)22/h1-6,11,14,17H,7-10H2,(H2,23,24,25). The molecule has 2 N–H and O–H groups in total. The van der Waals surface area contributed by atoms with Gasteiger partial charge in [-0.1, -0.05) is 47.5 Å². The first-order valence-corrected chi connectivity index (χ1v) is 9.58. The molecule has 1 aliphatic heterocycles. The Hall–Kier alpha value is -1.71. The summed E-state index contributed by atoms with van der Waals surface area (Å²) in [4.78, 5) is 4.45. The van der Waals surface area contributed by atoms with E-state index in [1.807, 2.05) is 12.1 Å². The van der Waals surface area contributed by atoms with Gasteiger partial charge in [0.05, 0.1) is 6.54 Å². The number of hydrogen-bond acceptors (Lipinski definition) is 3. The number of fused-ring (bicyclic) bond motifs is 1. The minimum Gasteiger partial charge on any atom is -0.356 e. The highest BCUT2D eigenvalue weighted by molar-refractivity contribution is 6.32. The Bertz CT molecular complexity index is 824. The Morgan fingerprint density at radius 3 is 2.32 bits per heavy atom. The fourth-order valence-corrected chi connectivity index (χ4v) is 5.39. The van der Waals surface area contributed by atoms with Crippen LogP contribution in [0.2, 0.25) is 10.0 Å². The van der Waals surface area contributed by atoms with Gasteiger partial charge < -0.3 is 10.6 Å². The third-order valence-electron chi connectivity index (χ3n) is 5.76. The van der Waals surface area contributed by atoms with Gasteiger partial charge in [-0.05, 0) is 46.7 Å². The molecule has 0 amide bonds. The molecule has 1 heterocycles. The van der Waals surface area contributed by atoms with Crippen LogP contribution in [0, 0.1) is 5.92 Å². The third-order valence-corrected chi connectivity index (χ3v) is 6.42. The van der Waals surface area contributed by atoms with Crippen molar-refractivity contribution in [2.45, 2.75) is 18.3 Å². The van der Waals surface area contributed by atoms with Crippen molar-refractivity contribution in [3.8, 4) is 0 Å². The van der Waals surface area contributed by atoms with Crippen LogP contribution in [-0.4, -0.2) is 25.6 Å². The van der Waals surface area contributed by atoms with Gasteiger partial charge in [0.1, 0.15) is 0 Å². The van der Waals surface area contributed by atoms with Gasteiger partial charge in [-0.25, -0.2) is 0 Å². The van der Waals surface area contributed by atoms with Crippen molar-refractivity contribution in [1.29, 1.82) is 0 Å². The molecule has 0 radical (unpaired) electrons. The first-order chi connectivity index (χ1) is 12.2. The quantitative estimate of drug-likeness (QED) is 0.831. The lowest BCUT2D eigenvalue weighted by molar-refractivity contribution is 0.354. The van der Waals surface area contributed by atoms with Gasteiger partial charge in [0.2, 0.25) is 0 Å². The number of benzene rings is 2. The minimum absolute atomic E-state index is 0.243. The summed E-state index contributed by atoms with van der Waals surface area (Å²) >= 11 is 13.3. The lowest BCUT2D eigenvalue weighted by Gasteiger charge is -2.46. The summed E-state index contributed by atoms with van der Waals surface area (Å²) in [5.41, 5.74) is 5.29. The molecule has 4 aliphatic rings. The number of nitrogens with one attached hydrogen (secondary N) is 2. The maximum absolute atomic E-state index is 6.65. The molecule has 0 saturated carbocycles. The van der Waals surface area contributed by atoms with Crippen molar-refractivity contribution < 1.29 is 0 Å². The van der Waals surface area contributed by atoms with Crippen molar-refractivity contribution >= 4 is 29.2 Å². The van der Waals surface area contributed by atoms with Crippen LogP contribution in [0.25, 0.3) is 0 Å². The van der Waals surface area contributed by atoms with E-state index in [1.54, 1.807) is 0 Å². The first kappa shape index (κ1) is 15.5. The Morgan fingerprint density at radius 1 is 1.04 bits per heavy atom. The predicted molar refractivity (Wildman–Crippen MR) is 103 cm³/mol. The maximum Gasteiger partial charge on any atom is 0.191 e. The fourth-order valence-electron chi connectivity index (χ4n) is 4.79. The Balaban J connectivity index is 1.58. The van der Waals surface area contributed by atoms with Gasteiger partial charge in [0, 0.05) is 35.0 Å². The molecule has 1 unspecified atom stereocenters. The SMILES string of the molecule is Clc1cccc2c1C1c3c(Cl)cccc3C2CC1CNC1=NCCN1. The lowest BCUT2D eigenvalue weighted by atomic mass is 9.59. The molecular weight excluding hydrogens is 353 g/mol. The van der Waals surface area contributed by atoms with Crippen LogP contribution in [-0.2, 0) is 0 Å². The molecule has 2 bridgehead atoms. The van der Waals surface area contributed by atoms with Gasteiger partial charge in [-0.15, -0.1) is 0 Å². The van der Waals surface area contributed by atoms with Crippen LogP contribution in [0.5, 0.6) is 0 Å². The largest absolute Gasteiger partial charge is 0.356 e. The topological polar surface area (TPSA) is 36.4 Å². The van der Waals surface area contributed by atoms with E-state index in [2.05, 4.69) is 39.9 Å². The van der Waals surface area contributed by atoms with E-state index in [0.717, 1.165) is 42.1 Å². The van der Waals surface area contributed by atoms with Crippen LogP contribution in [0.3, 0.4) is 0 Å². The van der Waals surface area contributed by atoms with Crippen molar-refractivity contribution in [3.63, 3.8) is 0 Å². The van der Waals surface area contributed by atoms with Crippen molar-refractivity contribution in [2.24, 2.45) is 10.9 Å². The second-order valence-corrected chi connectivity index (χ2v) is 7.86. The smallest absolute Gasteiger partial charge is 0.191 e. The Morgan fingerprint density at radius 2 is 1.72 bits per heavy atom. The van der Waals surface area contributed by atoms with Gasteiger partial charge in [-0.3, -0.25) is 4.99 Å². The number of halogens is 2. The molecule has 0 aromatic heterocycles. The zero-order chi connectivity index (χ0) is 17.0. The highest BCUT2D eigenvalue weighted by Crippen LogP contribution is 2.58. The predicted octanol–water partition coefficient (Wildman–Crippen LogP) is 4.14. The molecule has 2 aromatic rings. The summed E-state index contributed by atoms with van der Waals surface area (Å²) < 4.78 is 0. The number of aliphatic imine (C=N–C) groups is 1. The number of rotatable bonds is 2. The third kappa shape index (κ3) is 2.37. The summed E-state index contributed by atoms with van der Waals surface area (Å²) in [7, 11) is 0. The molecule has 0 saturated heterocycles. The zero-order valence-electron chi connectivity index (χ0n) is 13.7. The van der Waals surface area contributed by atoms with Gasteiger partial charge in [-0.2, -0.15) is 0 Å². The molecule has 128 valence electrons. The van der Waals surface area contributed by atoms with Crippen LogP contribution in [0.1, 0.15) is 40.5 Å². The zero-order valence-corrected chi connectivity index (χ0v) is 15.2. The summed E-state index contributed by atoms with van der Waals surface area (Å²) in [6, 6.07) is 12.6. The van der Waals surface area contributed by atoms with Crippen LogP contribution >= 0.6 is 23.2 Å². The molecule has 3 aliphatic carbocycles. The summed E-state index contributed by atoms with van der Waals surface area (Å²) in [6.45, 7) is 2.65. The Labute approximate surface area is 157 Å². The number of guanidine groups is 1. The highest BCUT2D eigenvalue weighted by Gasteiger charge is 2.45. The monoisotopic (exact) mass is 371 g/mol. The normalized spacial score (nSPS) is 25.8. The fraction of sp³-hybridized carbons (Fsp3) is 0.350. The van der Waals surface area contributed by atoms with E-state index in [-0.39, 0.29) is 5.92 Å². The van der Waals surface area contributed by atoms with Crippen molar-refractivity contribution in [3.05, 3.63) is 68.7 Å². The molecule has 25 heavy (non-hydrogen) atoms. The van der Waals surface area contributed by atoms with Crippen molar-refractivity contribution in [1.82, 2.24) is 10.6 Å². The molecule has 5 heteroatoms. The van der Waals surface area contributed by atoms with Crippen molar-refractivity contribution in [2.75, 3.05) is 19.6 Å². The van der Waals surface area contributed by atoms with E-state index < -0.39 is 0 Å². The van der Waals surface area contributed by atoms with E-state index in [9.17, 15) is 0 Å². The highest BCUT2D eigenvalue weighted by atomic mass is 35.5.